The van der Waals surface area contributed by atoms with Gasteiger partial charge in [-0.3, -0.25) is 14.3 Å². The van der Waals surface area contributed by atoms with Crippen molar-refractivity contribution in [2.24, 2.45) is 0 Å². The summed E-state index contributed by atoms with van der Waals surface area (Å²) in [5.41, 5.74) is 5.18. The van der Waals surface area contributed by atoms with Crippen LogP contribution in [0.3, 0.4) is 0 Å². The van der Waals surface area contributed by atoms with Gasteiger partial charge < -0.3 is 15.6 Å². The Morgan fingerprint density at radius 3 is 2.51 bits per heavy atom. The van der Waals surface area contributed by atoms with Crippen LogP contribution < -0.4 is 15.4 Å². The van der Waals surface area contributed by atoms with E-state index in [1.54, 1.807) is 38.1 Å². The molecule has 1 unspecified atom stereocenters. The number of fused-ring (bicyclic) bond motifs is 1. The van der Waals surface area contributed by atoms with Crippen LogP contribution in [0, 0.1) is 13.8 Å². The minimum atomic E-state index is -3.69. The van der Waals surface area contributed by atoms with Crippen LogP contribution in [0.5, 0.6) is 0 Å². The summed E-state index contributed by atoms with van der Waals surface area (Å²) in [6.07, 6.45) is 1.66. The lowest BCUT2D eigenvalue weighted by Gasteiger charge is -2.14. The van der Waals surface area contributed by atoms with Gasteiger partial charge in [-0.1, -0.05) is 36.9 Å². The van der Waals surface area contributed by atoms with E-state index >= 15 is 0 Å². The highest BCUT2D eigenvalue weighted by Crippen LogP contribution is 2.35. The highest BCUT2D eigenvalue weighted by Gasteiger charge is 2.26. The van der Waals surface area contributed by atoms with Gasteiger partial charge >= 0.3 is 0 Å². The second kappa shape index (κ2) is 9.27. The second-order valence-corrected chi connectivity index (χ2v) is 9.98. The van der Waals surface area contributed by atoms with Crippen LogP contribution in [0.15, 0.2) is 60.5 Å². The zero-order chi connectivity index (χ0) is 25.3. The summed E-state index contributed by atoms with van der Waals surface area (Å²) in [5.74, 6) is -0.564. The van der Waals surface area contributed by atoms with E-state index < -0.39 is 10.0 Å². The quantitative estimate of drug-likeness (QED) is 0.365. The molecule has 0 saturated carbocycles. The summed E-state index contributed by atoms with van der Waals surface area (Å²) < 4.78 is 26.4. The third-order valence-electron chi connectivity index (χ3n) is 5.94. The molecule has 2 amide bonds. The average molecular weight is 491 g/mol. The lowest BCUT2D eigenvalue weighted by Crippen LogP contribution is -2.26. The van der Waals surface area contributed by atoms with Crippen LogP contribution in [0.1, 0.15) is 51.4 Å². The molecule has 0 fully saturated rings. The van der Waals surface area contributed by atoms with E-state index in [-0.39, 0.29) is 17.9 Å². The minimum Gasteiger partial charge on any atom is -0.357 e. The van der Waals surface area contributed by atoms with Gasteiger partial charge in [0.25, 0.3) is 21.8 Å². The number of benzene rings is 2. The Hall–Kier alpha value is -4.11. The van der Waals surface area contributed by atoms with Crippen molar-refractivity contribution in [3.8, 4) is 0 Å². The molecule has 0 spiro atoms. The molecule has 9 heteroatoms. The van der Waals surface area contributed by atoms with E-state index in [4.69, 9.17) is 0 Å². The van der Waals surface area contributed by atoms with Crippen molar-refractivity contribution in [1.82, 2.24) is 10.3 Å². The molecule has 35 heavy (non-hydrogen) atoms. The van der Waals surface area contributed by atoms with Gasteiger partial charge in [-0.05, 0) is 56.2 Å². The summed E-state index contributed by atoms with van der Waals surface area (Å²) in [7, 11) is -3.69. The highest BCUT2D eigenvalue weighted by atomic mass is 32.2. The van der Waals surface area contributed by atoms with Gasteiger partial charge in [-0.2, -0.15) is 0 Å². The Morgan fingerprint density at radius 1 is 1.11 bits per heavy atom. The van der Waals surface area contributed by atoms with Gasteiger partial charge in [-0.25, -0.2) is 8.42 Å². The second-order valence-electron chi connectivity index (χ2n) is 8.36. The van der Waals surface area contributed by atoms with Gasteiger partial charge in [0.2, 0.25) is 0 Å². The van der Waals surface area contributed by atoms with Gasteiger partial charge in [0, 0.05) is 33.6 Å². The van der Waals surface area contributed by atoms with Gasteiger partial charge in [0.05, 0.1) is 17.3 Å². The number of amides is 2. The van der Waals surface area contributed by atoms with E-state index in [9.17, 15) is 18.0 Å². The van der Waals surface area contributed by atoms with E-state index in [2.05, 4.69) is 26.9 Å². The monoisotopic (exact) mass is 490 g/mol. The fourth-order valence-electron chi connectivity index (χ4n) is 3.98. The molecule has 1 aliphatic heterocycles. The van der Waals surface area contributed by atoms with Gasteiger partial charge in [0.15, 0.2) is 0 Å². The third kappa shape index (κ3) is 4.90. The van der Waals surface area contributed by atoms with Crippen molar-refractivity contribution in [2.45, 2.75) is 26.8 Å². The molecule has 4 rings (SSSR count). The Balaban J connectivity index is 1.65. The normalized spacial score (nSPS) is 14.8. The molecule has 1 aliphatic rings. The van der Waals surface area contributed by atoms with Gasteiger partial charge in [-0.15, -0.1) is 0 Å². The molecule has 1 aromatic heterocycles. The number of aromatic nitrogens is 1. The Bertz CT molecular complexity index is 1470. The summed E-state index contributed by atoms with van der Waals surface area (Å²) in [4.78, 5) is 28.8. The SMILES string of the molecule is C=CS(=O)(=O)Nc1c(C)[nH]c(/C=C2\C(=O)Nc3ccc(C(=O)NC(C)c4ccccc4)cc32)c1C. The molecule has 180 valence electrons. The number of carbonyl (C=O) groups excluding carboxylic acids is 2. The van der Waals surface area contributed by atoms with E-state index in [1.165, 1.54) is 0 Å². The van der Waals surface area contributed by atoms with Crippen LogP contribution in [0.4, 0.5) is 11.4 Å². The molecular formula is C26H26N4O4S. The molecule has 2 heterocycles. The first-order valence-corrected chi connectivity index (χ1v) is 12.5. The first kappa shape index (κ1) is 24.0. The van der Waals surface area contributed by atoms with Crippen molar-refractivity contribution in [3.05, 3.63) is 94.2 Å². The smallest absolute Gasteiger partial charge is 0.256 e. The van der Waals surface area contributed by atoms with Crippen molar-refractivity contribution >= 4 is 44.9 Å². The van der Waals surface area contributed by atoms with E-state index in [1.807, 2.05) is 37.3 Å². The number of rotatable bonds is 7. The summed E-state index contributed by atoms with van der Waals surface area (Å²) in [5, 5.41) is 6.63. The van der Waals surface area contributed by atoms with Crippen LogP contribution >= 0.6 is 0 Å². The number of carbonyl (C=O) groups is 2. The number of aromatic amines is 1. The van der Waals surface area contributed by atoms with Crippen molar-refractivity contribution in [2.75, 3.05) is 10.0 Å². The standard InChI is InChI=1S/C26H26N4O4S/c1-5-35(33,34)30-24-15(2)23(27-17(24)4)14-21-20-13-19(11-12-22(20)29-26(21)32)25(31)28-16(3)18-9-7-6-8-10-18/h5-14,16,27,30H,1H2,2-4H3,(H,28,31)(H,29,32)/b21-14-. The number of hydrogen-bond donors (Lipinski definition) is 4. The first-order chi connectivity index (χ1) is 16.6. The Kier molecular flexibility index (Phi) is 6.36. The zero-order valence-electron chi connectivity index (χ0n) is 19.6. The molecule has 8 nitrogen and oxygen atoms in total. The van der Waals surface area contributed by atoms with Crippen LogP contribution in [0.25, 0.3) is 11.6 Å². The number of anilines is 2. The molecule has 0 radical (unpaired) electrons. The molecule has 0 aliphatic carbocycles. The largest absolute Gasteiger partial charge is 0.357 e. The zero-order valence-corrected chi connectivity index (χ0v) is 20.4. The predicted molar refractivity (Wildman–Crippen MR) is 138 cm³/mol. The maximum Gasteiger partial charge on any atom is 0.256 e. The molecule has 0 bridgehead atoms. The van der Waals surface area contributed by atoms with Crippen LogP contribution in [-0.4, -0.2) is 25.2 Å². The lowest BCUT2D eigenvalue weighted by atomic mass is 10.0. The topological polar surface area (TPSA) is 120 Å². The summed E-state index contributed by atoms with van der Waals surface area (Å²) in [6, 6.07) is 14.5. The first-order valence-electron chi connectivity index (χ1n) is 11.0. The molecule has 4 N–H and O–H groups in total. The number of H-pyrrole nitrogens is 1. The molecule has 0 saturated heterocycles. The molecule has 1 atom stereocenters. The summed E-state index contributed by atoms with van der Waals surface area (Å²) in [6.45, 7) is 8.70. The fraction of sp³-hybridized carbons (Fsp3) is 0.154. The van der Waals surface area contributed by atoms with E-state index in [0.717, 1.165) is 11.0 Å². The number of nitrogens with one attached hydrogen (secondary N) is 4. The van der Waals surface area contributed by atoms with Gasteiger partial charge in [0.1, 0.15) is 0 Å². The molecule has 2 aromatic carbocycles. The maximum atomic E-state index is 12.9. The third-order valence-corrected chi connectivity index (χ3v) is 6.87. The van der Waals surface area contributed by atoms with E-state index in [0.29, 0.717) is 45.0 Å². The predicted octanol–water partition coefficient (Wildman–Crippen LogP) is 4.50. The van der Waals surface area contributed by atoms with Crippen molar-refractivity contribution in [1.29, 1.82) is 0 Å². The Morgan fingerprint density at radius 2 is 1.83 bits per heavy atom. The number of aryl methyl sites for hydroxylation is 1. The minimum absolute atomic E-state index is 0.186. The lowest BCUT2D eigenvalue weighted by molar-refractivity contribution is -0.110. The Labute approximate surface area is 204 Å². The average Bonchev–Trinajstić information content (AvgIpc) is 3.29. The number of sulfonamides is 1. The molecule has 3 aromatic rings. The van der Waals surface area contributed by atoms with Crippen LogP contribution in [0.2, 0.25) is 0 Å². The van der Waals surface area contributed by atoms with Crippen molar-refractivity contribution < 1.29 is 18.0 Å². The van der Waals surface area contributed by atoms with Crippen molar-refractivity contribution in [3.63, 3.8) is 0 Å². The maximum absolute atomic E-state index is 12.9. The van der Waals surface area contributed by atoms with Crippen LogP contribution in [-0.2, 0) is 14.8 Å². The fourth-order valence-corrected chi connectivity index (χ4v) is 4.65. The summed E-state index contributed by atoms with van der Waals surface area (Å²) >= 11 is 0. The highest BCUT2D eigenvalue weighted by molar-refractivity contribution is 7.95. The molecular weight excluding hydrogens is 464 g/mol. The number of hydrogen-bond acceptors (Lipinski definition) is 4.